The second-order valence-corrected chi connectivity index (χ2v) is 6.28. The van der Waals surface area contributed by atoms with Crippen molar-refractivity contribution in [1.29, 1.82) is 0 Å². The minimum Gasteiger partial charge on any atom is -0.393 e. The molecule has 0 aromatic carbocycles. The smallest absolute Gasteiger partial charge is 0.0590 e. The van der Waals surface area contributed by atoms with Gasteiger partial charge in [0.15, 0.2) is 0 Å². The first-order valence-electron chi connectivity index (χ1n) is 4.59. The molecule has 0 aliphatic heterocycles. The number of aliphatic hydroxyl groups excluding tert-OH is 1. The Balaban J connectivity index is 2.71. The molecule has 12 heavy (non-hydrogen) atoms. The molecule has 72 valence electrons. The lowest BCUT2D eigenvalue weighted by atomic mass is 9.86. The molecule has 2 atom stereocenters. The largest absolute Gasteiger partial charge is 0.393 e. The summed E-state index contributed by atoms with van der Waals surface area (Å²) in [7, 11) is 0. The van der Waals surface area contributed by atoms with Crippen LogP contribution in [-0.4, -0.2) is 16.1 Å². The monoisotopic (exact) mass is 190 g/mol. The minimum atomic E-state index is -0.271. The van der Waals surface area contributed by atoms with E-state index in [1.54, 1.807) is 0 Å². The average Bonchev–Trinajstić information content (AvgIpc) is 2.03. The summed E-state index contributed by atoms with van der Waals surface area (Å²) in [5.74, 6) is 0.245. The molecule has 1 fully saturated rings. The third-order valence-electron chi connectivity index (χ3n) is 2.88. The van der Waals surface area contributed by atoms with Crippen molar-refractivity contribution in [3.63, 3.8) is 0 Å². The third kappa shape index (κ3) is 2.14. The van der Waals surface area contributed by atoms with Crippen molar-refractivity contribution in [3.8, 4) is 0 Å². The van der Waals surface area contributed by atoms with Crippen molar-refractivity contribution >= 4 is 11.6 Å². The predicted octanol–water partition coefficient (Wildman–Crippen LogP) is 2.80. The van der Waals surface area contributed by atoms with Gasteiger partial charge in [-0.15, -0.1) is 11.6 Å². The van der Waals surface area contributed by atoms with Crippen LogP contribution in [0.3, 0.4) is 0 Å². The maximum atomic E-state index is 9.78. The van der Waals surface area contributed by atoms with E-state index in [9.17, 15) is 5.11 Å². The van der Waals surface area contributed by atoms with Gasteiger partial charge in [-0.2, -0.15) is 0 Å². The molecule has 2 heteroatoms. The Bertz CT molecular complexity index is 169. The molecule has 1 aliphatic carbocycles. The zero-order valence-corrected chi connectivity index (χ0v) is 9.15. The van der Waals surface area contributed by atoms with Gasteiger partial charge in [0.05, 0.1) is 6.10 Å². The van der Waals surface area contributed by atoms with E-state index < -0.39 is 0 Å². The number of alkyl halides is 1. The molecular formula is C10H19ClO. The lowest BCUT2D eigenvalue weighted by Crippen LogP contribution is -2.30. The highest BCUT2D eigenvalue weighted by atomic mass is 35.5. The van der Waals surface area contributed by atoms with Gasteiger partial charge in [0.2, 0.25) is 0 Å². The zero-order valence-electron chi connectivity index (χ0n) is 8.39. The first kappa shape index (κ1) is 10.3. The highest BCUT2D eigenvalue weighted by molar-refractivity contribution is 6.23. The Labute approximate surface area is 80.1 Å². The van der Waals surface area contributed by atoms with Crippen molar-refractivity contribution in [1.82, 2.24) is 0 Å². The summed E-state index contributed by atoms with van der Waals surface area (Å²) in [6.07, 6.45) is 1.70. The van der Waals surface area contributed by atoms with Crippen molar-refractivity contribution < 1.29 is 5.11 Å². The normalized spacial score (nSPS) is 35.5. The SMILES string of the molecule is CC1(C)CC(O)C(C(C)(C)Cl)C1. The highest BCUT2D eigenvalue weighted by Gasteiger charge is 2.44. The Morgan fingerprint density at radius 3 is 2.00 bits per heavy atom. The molecule has 1 aliphatic rings. The standard InChI is InChI=1S/C10H19ClO/c1-9(2)5-7(8(12)6-9)10(3,4)11/h7-8,12H,5-6H2,1-4H3. The maximum Gasteiger partial charge on any atom is 0.0590 e. The van der Waals surface area contributed by atoms with Crippen molar-refractivity contribution in [3.05, 3.63) is 0 Å². The fraction of sp³-hybridized carbons (Fsp3) is 1.00. The molecule has 1 nitrogen and oxygen atoms in total. The Hall–Kier alpha value is 0.250. The molecular weight excluding hydrogens is 172 g/mol. The van der Waals surface area contributed by atoms with Crippen LogP contribution in [0, 0.1) is 11.3 Å². The van der Waals surface area contributed by atoms with Gasteiger partial charge in [-0.3, -0.25) is 0 Å². The first-order valence-corrected chi connectivity index (χ1v) is 4.97. The van der Waals surface area contributed by atoms with Crippen LogP contribution in [-0.2, 0) is 0 Å². The molecule has 0 aromatic rings. The molecule has 0 spiro atoms. The molecule has 1 rings (SSSR count). The Kier molecular flexibility index (Phi) is 2.48. The van der Waals surface area contributed by atoms with Crippen molar-refractivity contribution in [2.45, 2.75) is 51.5 Å². The molecule has 0 aromatic heterocycles. The number of hydrogen-bond donors (Lipinski definition) is 1. The van der Waals surface area contributed by atoms with Gasteiger partial charge in [-0.25, -0.2) is 0 Å². The molecule has 0 heterocycles. The highest BCUT2D eigenvalue weighted by Crippen LogP contribution is 2.47. The first-order chi connectivity index (χ1) is 5.22. The van der Waals surface area contributed by atoms with E-state index in [0.29, 0.717) is 0 Å². The molecule has 1 saturated carbocycles. The van der Waals surface area contributed by atoms with Gasteiger partial charge in [0.25, 0.3) is 0 Å². The molecule has 0 saturated heterocycles. The molecule has 1 N–H and O–H groups in total. The van der Waals surface area contributed by atoms with E-state index in [2.05, 4.69) is 13.8 Å². The van der Waals surface area contributed by atoms with Crippen molar-refractivity contribution in [2.75, 3.05) is 0 Å². The lowest BCUT2D eigenvalue weighted by Gasteiger charge is -2.27. The van der Waals surface area contributed by atoms with E-state index in [4.69, 9.17) is 11.6 Å². The van der Waals surface area contributed by atoms with Crippen LogP contribution >= 0.6 is 11.6 Å². The van der Waals surface area contributed by atoms with Gasteiger partial charge in [0.1, 0.15) is 0 Å². The fourth-order valence-corrected chi connectivity index (χ4v) is 2.45. The van der Waals surface area contributed by atoms with Crippen LogP contribution < -0.4 is 0 Å². The van der Waals surface area contributed by atoms with Crippen molar-refractivity contribution in [2.24, 2.45) is 11.3 Å². The van der Waals surface area contributed by atoms with E-state index >= 15 is 0 Å². The van der Waals surface area contributed by atoms with Gasteiger partial charge < -0.3 is 5.11 Å². The minimum absolute atomic E-state index is 0.215. The number of halogens is 1. The molecule has 0 amide bonds. The van der Waals surface area contributed by atoms with Crippen LogP contribution in [0.15, 0.2) is 0 Å². The molecule has 2 unspecified atom stereocenters. The topological polar surface area (TPSA) is 20.2 Å². The Morgan fingerprint density at radius 1 is 1.33 bits per heavy atom. The molecule has 0 radical (unpaired) electrons. The second-order valence-electron chi connectivity index (χ2n) is 5.31. The summed E-state index contributed by atoms with van der Waals surface area (Å²) in [6.45, 7) is 8.37. The van der Waals surface area contributed by atoms with E-state index in [-0.39, 0.29) is 22.3 Å². The summed E-state index contributed by atoms with van der Waals surface area (Å²) in [5.41, 5.74) is 0.260. The van der Waals surface area contributed by atoms with Gasteiger partial charge >= 0.3 is 0 Å². The summed E-state index contributed by atoms with van der Waals surface area (Å²) >= 11 is 6.20. The van der Waals surface area contributed by atoms with Gasteiger partial charge in [-0.1, -0.05) is 13.8 Å². The van der Waals surface area contributed by atoms with Gasteiger partial charge in [-0.05, 0) is 32.1 Å². The quantitative estimate of drug-likeness (QED) is 0.631. The zero-order chi connectivity index (χ0) is 9.57. The predicted molar refractivity (Wildman–Crippen MR) is 52.4 cm³/mol. The van der Waals surface area contributed by atoms with Crippen LogP contribution in [0.5, 0.6) is 0 Å². The number of hydrogen-bond acceptors (Lipinski definition) is 1. The summed E-state index contributed by atoms with van der Waals surface area (Å²) in [5, 5.41) is 9.78. The lowest BCUT2D eigenvalue weighted by molar-refractivity contribution is 0.113. The molecule has 0 bridgehead atoms. The van der Waals surface area contributed by atoms with E-state index in [0.717, 1.165) is 12.8 Å². The number of rotatable bonds is 1. The summed E-state index contributed by atoms with van der Waals surface area (Å²) in [6, 6.07) is 0. The van der Waals surface area contributed by atoms with Crippen LogP contribution in [0.4, 0.5) is 0 Å². The van der Waals surface area contributed by atoms with Crippen LogP contribution in [0.2, 0.25) is 0 Å². The van der Waals surface area contributed by atoms with Crippen LogP contribution in [0.1, 0.15) is 40.5 Å². The fourth-order valence-electron chi connectivity index (χ4n) is 2.22. The summed E-state index contributed by atoms with van der Waals surface area (Å²) in [4.78, 5) is -0.271. The second kappa shape index (κ2) is 2.88. The average molecular weight is 191 g/mol. The van der Waals surface area contributed by atoms with Crippen LogP contribution in [0.25, 0.3) is 0 Å². The van der Waals surface area contributed by atoms with Gasteiger partial charge in [0, 0.05) is 10.8 Å². The third-order valence-corrected chi connectivity index (χ3v) is 3.16. The number of aliphatic hydroxyl groups is 1. The Morgan fingerprint density at radius 2 is 1.83 bits per heavy atom. The maximum absolute atomic E-state index is 9.78. The summed E-state index contributed by atoms with van der Waals surface area (Å²) < 4.78 is 0. The van der Waals surface area contributed by atoms with E-state index in [1.165, 1.54) is 0 Å². The van der Waals surface area contributed by atoms with E-state index in [1.807, 2.05) is 13.8 Å².